The molecule has 0 spiro atoms. The molecule has 9 heteroatoms. The normalized spacial score (nSPS) is 13.0. The molecule has 3 aromatic rings. The minimum Gasteiger partial charge on any atom is -0.457 e. The number of ether oxygens (including phenoxy) is 1. The Morgan fingerprint density at radius 1 is 1.12 bits per heavy atom. The van der Waals surface area contributed by atoms with Crippen LogP contribution in [-0.2, 0) is 7.05 Å². The minimum absolute atomic E-state index is 0.249. The van der Waals surface area contributed by atoms with Gasteiger partial charge in [0.2, 0.25) is 11.7 Å². The summed E-state index contributed by atoms with van der Waals surface area (Å²) in [6.45, 7) is 0. The minimum atomic E-state index is -4.74. The summed E-state index contributed by atoms with van der Waals surface area (Å²) < 4.78 is 46.5. The highest BCUT2D eigenvalue weighted by atomic mass is 35.5. The summed E-state index contributed by atoms with van der Waals surface area (Å²) in [5.74, 6) is -0.434. The van der Waals surface area contributed by atoms with E-state index < -0.39 is 23.7 Å². The van der Waals surface area contributed by atoms with E-state index in [9.17, 15) is 18.0 Å². The average molecular weight is 370 g/mol. The van der Waals surface area contributed by atoms with Crippen LogP contribution < -0.4 is 10.3 Å². The quantitative estimate of drug-likeness (QED) is 0.707. The van der Waals surface area contributed by atoms with Crippen LogP contribution in [0.4, 0.5) is 13.2 Å². The van der Waals surface area contributed by atoms with Gasteiger partial charge in [0.25, 0.3) is 5.88 Å². The Balaban J connectivity index is 2.05. The standard InChI is InChI=1S/C16H11ClF3N3O2/c1-23-8-9(6-7-12(23)24)13(16(18,19)20)25-15-14(17)21-10-4-2-3-5-11(10)22-15/h2-8,13H,1H3. The predicted octanol–water partition coefficient (Wildman–Crippen LogP) is 3.66. The number of aryl methyl sites for hydroxylation is 1. The van der Waals surface area contributed by atoms with Gasteiger partial charge in [-0.1, -0.05) is 23.7 Å². The van der Waals surface area contributed by atoms with Crippen molar-refractivity contribution in [1.29, 1.82) is 0 Å². The monoisotopic (exact) mass is 369 g/mol. The lowest BCUT2D eigenvalue weighted by Gasteiger charge is -2.22. The highest BCUT2D eigenvalue weighted by Gasteiger charge is 2.44. The summed E-state index contributed by atoms with van der Waals surface area (Å²) in [7, 11) is 1.35. The number of halogens is 4. The molecule has 0 radical (unpaired) electrons. The molecule has 0 amide bonds. The fourth-order valence-electron chi connectivity index (χ4n) is 2.24. The zero-order valence-electron chi connectivity index (χ0n) is 12.8. The van der Waals surface area contributed by atoms with E-state index in [4.69, 9.17) is 16.3 Å². The average Bonchev–Trinajstić information content (AvgIpc) is 2.54. The fraction of sp³-hybridized carbons (Fsp3) is 0.188. The molecule has 0 aliphatic rings. The Hall–Kier alpha value is -2.61. The van der Waals surface area contributed by atoms with E-state index in [2.05, 4.69) is 9.97 Å². The third-order valence-electron chi connectivity index (χ3n) is 3.44. The summed E-state index contributed by atoms with van der Waals surface area (Å²) in [4.78, 5) is 19.4. The molecule has 0 N–H and O–H groups in total. The van der Waals surface area contributed by atoms with Crippen LogP contribution in [0, 0.1) is 0 Å². The smallest absolute Gasteiger partial charge is 0.429 e. The fourth-order valence-corrected chi connectivity index (χ4v) is 2.42. The van der Waals surface area contributed by atoms with E-state index in [1.165, 1.54) is 7.05 Å². The molecule has 0 aliphatic heterocycles. The van der Waals surface area contributed by atoms with Gasteiger partial charge in [0, 0.05) is 24.9 Å². The van der Waals surface area contributed by atoms with Gasteiger partial charge >= 0.3 is 6.18 Å². The summed E-state index contributed by atoms with van der Waals surface area (Å²) in [6.07, 6.45) is -6.02. The number of alkyl halides is 3. The predicted molar refractivity (Wildman–Crippen MR) is 85.7 cm³/mol. The number of hydrogen-bond acceptors (Lipinski definition) is 4. The molecule has 0 aliphatic carbocycles. The van der Waals surface area contributed by atoms with Crippen LogP contribution in [-0.4, -0.2) is 20.7 Å². The first-order valence-corrected chi connectivity index (χ1v) is 7.46. The molecule has 1 aromatic carbocycles. The summed E-state index contributed by atoms with van der Waals surface area (Å²) in [6, 6.07) is 8.68. The van der Waals surface area contributed by atoms with Gasteiger partial charge in [-0.2, -0.15) is 13.2 Å². The van der Waals surface area contributed by atoms with Crippen LogP contribution in [0.15, 0.2) is 47.4 Å². The van der Waals surface area contributed by atoms with Gasteiger partial charge in [-0.05, 0) is 18.2 Å². The van der Waals surface area contributed by atoms with E-state index in [1.54, 1.807) is 24.3 Å². The van der Waals surface area contributed by atoms with Gasteiger partial charge in [0.15, 0.2) is 5.15 Å². The Morgan fingerprint density at radius 2 is 1.76 bits per heavy atom. The molecule has 0 saturated carbocycles. The summed E-state index contributed by atoms with van der Waals surface area (Å²) >= 11 is 5.92. The molecule has 2 aromatic heterocycles. The van der Waals surface area contributed by atoms with Gasteiger partial charge in [-0.3, -0.25) is 4.79 Å². The van der Waals surface area contributed by atoms with Crippen molar-refractivity contribution in [1.82, 2.24) is 14.5 Å². The Bertz CT molecular complexity index is 988. The van der Waals surface area contributed by atoms with Gasteiger partial charge in [0.05, 0.1) is 11.0 Å². The molecule has 3 rings (SSSR count). The third kappa shape index (κ3) is 3.58. The molecule has 25 heavy (non-hydrogen) atoms. The number of benzene rings is 1. The topological polar surface area (TPSA) is 57.0 Å². The van der Waals surface area contributed by atoms with E-state index in [0.717, 1.165) is 22.9 Å². The number of hydrogen-bond donors (Lipinski definition) is 0. The number of para-hydroxylation sites is 2. The van der Waals surface area contributed by atoms with E-state index in [1.807, 2.05) is 0 Å². The molecule has 0 fully saturated rings. The van der Waals surface area contributed by atoms with Gasteiger partial charge in [-0.25, -0.2) is 9.97 Å². The molecule has 1 atom stereocenters. The highest BCUT2D eigenvalue weighted by Crippen LogP contribution is 2.37. The maximum Gasteiger partial charge on any atom is 0.429 e. The molecule has 2 heterocycles. The van der Waals surface area contributed by atoms with Crippen molar-refractivity contribution in [2.75, 3.05) is 0 Å². The number of pyridine rings is 1. The van der Waals surface area contributed by atoms with Gasteiger partial charge < -0.3 is 9.30 Å². The molecule has 0 bridgehead atoms. The van der Waals surface area contributed by atoms with Crippen LogP contribution in [0.3, 0.4) is 0 Å². The van der Waals surface area contributed by atoms with Crippen LogP contribution in [0.5, 0.6) is 5.88 Å². The first-order chi connectivity index (χ1) is 11.8. The highest BCUT2D eigenvalue weighted by molar-refractivity contribution is 6.31. The second kappa shape index (κ2) is 6.36. The zero-order chi connectivity index (χ0) is 18.2. The van der Waals surface area contributed by atoms with Crippen molar-refractivity contribution >= 4 is 22.6 Å². The molecule has 130 valence electrons. The van der Waals surface area contributed by atoms with Crippen LogP contribution in [0.25, 0.3) is 11.0 Å². The maximum atomic E-state index is 13.5. The largest absolute Gasteiger partial charge is 0.457 e. The Labute approximate surface area is 144 Å². The lowest BCUT2D eigenvalue weighted by molar-refractivity contribution is -0.198. The van der Waals surface area contributed by atoms with Crippen molar-refractivity contribution in [2.24, 2.45) is 7.05 Å². The second-order valence-electron chi connectivity index (χ2n) is 5.26. The lowest BCUT2D eigenvalue weighted by Crippen LogP contribution is -2.28. The Morgan fingerprint density at radius 3 is 2.36 bits per heavy atom. The van der Waals surface area contributed by atoms with E-state index in [-0.39, 0.29) is 10.7 Å². The van der Waals surface area contributed by atoms with Crippen molar-refractivity contribution in [3.05, 3.63) is 63.7 Å². The SMILES string of the molecule is Cn1cc(C(Oc2nc3ccccc3nc2Cl)C(F)(F)F)ccc1=O. The van der Waals surface area contributed by atoms with E-state index in [0.29, 0.717) is 11.0 Å². The van der Waals surface area contributed by atoms with Gasteiger partial charge in [0.1, 0.15) is 0 Å². The number of nitrogens with zero attached hydrogens (tertiary/aromatic N) is 3. The van der Waals surface area contributed by atoms with Crippen molar-refractivity contribution in [3.8, 4) is 5.88 Å². The molecule has 5 nitrogen and oxygen atoms in total. The van der Waals surface area contributed by atoms with Crippen LogP contribution >= 0.6 is 11.6 Å². The van der Waals surface area contributed by atoms with Crippen LogP contribution in [0.1, 0.15) is 11.7 Å². The van der Waals surface area contributed by atoms with Crippen molar-refractivity contribution in [2.45, 2.75) is 12.3 Å². The lowest BCUT2D eigenvalue weighted by atomic mass is 10.1. The second-order valence-corrected chi connectivity index (χ2v) is 5.62. The molecule has 0 saturated heterocycles. The van der Waals surface area contributed by atoms with Gasteiger partial charge in [-0.15, -0.1) is 0 Å². The number of aromatic nitrogens is 3. The molecule has 1 unspecified atom stereocenters. The number of rotatable bonds is 3. The first kappa shape index (κ1) is 17.2. The zero-order valence-corrected chi connectivity index (χ0v) is 13.5. The third-order valence-corrected chi connectivity index (χ3v) is 3.68. The maximum absolute atomic E-state index is 13.5. The summed E-state index contributed by atoms with van der Waals surface area (Å²) in [5, 5.41) is -0.280. The molecular weight excluding hydrogens is 359 g/mol. The summed E-state index contributed by atoms with van der Waals surface area (Å²) in [5.41, 5.74) is 0.0997. The number of fused-ring (bicyclic) bond motifs is 1. The van der Waals surface area contributed by atoms with E-state index >= 15 is 0 Å². The Kier molecular flexibility index (Phi) is 4.38. The van der Waals surface area contributed by atoms with Crippen LogP contribution in [0.2, 0.25) is 5.15 Å². The molecular formula is C16H11ClF3N3O2. The first-order valence-electron chi connectivity index (χ1n) is 7.08. The van der Waals surface area contributed by atoms with Crippen molar-refractivity contribution < 1.29 is 17.9 Å². The van der Waals surface area contributed by atoms with Crippen molar-refractivity contribution in [3.63, 3.8) is 0 Å².